The van der Waals surface area contributed by atoms with E-state index in [0.717, 1.165) is 12.8 Å². The van der Waals surface area contributed by atoms with Crippen molar-refractivity contribution >= 4 is 10.0 Å². The van der Waals surface area contributed by atoms with Crippen LogP contribution in [0, 0.1) is 5.92 Å². The number of nitrogens with one attached hydrogen (secondary N) is 2. The van der Waals surface area contributed by atoms with Crippen LogP contribution in [0.5, 0.6) is 0 Å². The number of H-pyrrole nitrogens is 1. The van der Waals surface area contributed by atoms with Crippen molar-refractivity contribution in [3.8, 4) is 0 Å². The number of methoxy groups -OCH3 is 1. The van der Waals surface area contributed by atoms with E-state index in [2.05, 4.69) is 15.5 Å². The Morgan fingerprint density at radius 2 is 2.29 bits per heavy atom. The maximum Gasteiger partial charge on any atom is 0.260 e. The number of hydrogen-bond acceptors (Lipinski definition) is 5. The van der Waals surface area contributed by atoms with Gasteiger partial charge in [0.05, 0.1) is 12.8 Å². The van der Waals surface area contributed by atoms with Crippen molar-refractivity contribution in [2.24, 2.45) is 5.92 Å². The topological polar surface area (TPSA) is 87.3 Å². The molecule has 1 heterocycles. The molecule has 0 amide bonds. The molecule has 0 aromatic carbocycles. The molecule has 120 valence electrons. The Hall–Kier alpha value is -0.960. The van der Waals surface area contributed by atoms with Gasteiger partial charge in [0.2, 0.25) is 0 Å². The first-order chi connectivity index (χ1) is 10.0. The summed E-state index contributed by atoms with van der Waals surface area (Å²) in [7, 11) is -0.237. The first-order valence-electron chi connectivity index (χ1n) is 7.20. The Bertz CT molecular complexity index is 554. The predicted octanol–water partition coefficient (Wildman–Crippen LogP) is 0.565. The van der Waals surface area contributed by atoms with Crippen LogP contribution in [0.15, 0.2) is 11.2 Å². The molecule has 0 bridgehead atoms. The van der Waals surface area contributed by atoms with Gasteiger partial charge in [-0.05, 0) is 32.7 Å². The lowest BCUT2D eigenvalue weighted by Gasteiger charge is -2.28. The minimum atomic E-state index is -3.59. The van der Waals surface area contributed by atoms with Crippen LogP contribution in [0.2, 0.25) is 0 Å². The van der Waals surface area contributed by atoms with E-state index in [-0.39, 0.29) is 11.1 Å². The van der Waals surface area contributed by atoms with Crippen LogP contribution in [-0.2, 0) is 21.3 Å². The largest absolute Gasteiger partial charge is 0.383 e. The Balaban J connectivity index is 2.29. The fourth-order valence-corrected chi connectivity index (χ4v) is 4.28. The summed E-state index contributed by atoms with van der Waals surface area (Å²) in [6.45, 7) is 3.17. The maximum atomic E-state index is 12.9. The summed E-state index contributed by atoms with van der Waals surface area (Å²) in [6.07, 6.45) is 3.73. The quantitative estimate of drug-likeness (QED) is 0.695. The lowest BCUT2D eigenvalue weighted by Crippen LogP contribution is -2.42. The van der Waals surface area contributed by atoms with Gasteiger partial charge in [-0.2, -0.15) is 9.40 Å². The van der Waals surface area contributed by atoms with E-state index >= 15 is 0 Å². The monoisotopic (exact) mass is 316 g/mol. The molecule has 1 fully saturated rings. The molecular weight excluding hydrogens is 292 g/mol. The molecule has 0 spiro atoms. The lowest BCUT2D eigenvalue weighted by molar-refractivity contribution is 0.164. The summed E-state index contributed by atoms with van der Waals surface area (Å²) in [4.78, 5) is 0. The van der Waals surface area contributed by atoms with Crippen LogP contribution < -0.4 is 5.32 Å². The van der Waals surface area contributed by atoms with Gasteiger partial charge >= 0.3 is 0 Å². The SMILES string of the molecule is CNCc1cn[nH]c1S(=O)(=O)N(CCOC)C(C)C1CC1. The molecule has 1 saturated carbocycles. The molecule has 8 heteroatoms. The summed E-state index contributed by atoms with van der Waals surface area (Å²) < 4.78 is 32.5. The second-order valence-electron chi connectivity index (χ2n) is 5.44. The highest BCUT2D eigenvalue weighted by atomic mass is 32.2. The van der Waals surface area contributed by atoms with Crippen LogP contribution in [0.3, 0.4) is 0 Å². The van der Waals surface area contributed by atoms with E-state index in [1.165, 1.54) is 0 Å². The summed E-state index contributed by atoms with van der Waals surface area (Å²) >= 11 is 0. The second-order valence-corrected chi connectivity index (χ2v) is 7.27. The highest BCUT2D eigenvalue weighted by molar-refractivity contribution is 7.89. The number of ether oxygens (including phenoxy) is 1. The summed E-state index contributed by atoms with van der Waals surface area (Å²) in [5, 5.41) is 9.67. The van der Waals surface area contributed by atoms with Gasteiger partial charge in [-0.15, -0.1) is 0 Å². The normalized spacial score (nSPS) is 17.3. The van der Waals surface area contributed by atoms with Crippen molar-refractivity contribution < 1.29 is 13.2 Å². The van der Waals surface area contributed by atoms with Crippen molar-refractivity contribution in [2.75, 3.05) is 27.3 Å². The lowest BCUT2D eigenvalue weighted by atomic mass is 10.2. The number of aromatic amines is 1. The van der Waals surface area contributed by atoms with Gasteiger partial charge in [0.25, 0.3) is 10.0 Å². The highest BCUT2D eigenvalue weighted by Gasteiger charge is 2.39. The molecule has 0 saturated heterocycles. The van der Waals surface area contributed by atoms with Crippen molar-refractivity contribution in [1.29, 1.82) is 0 Å². The summed E-state index contributed by atoms with van der Waals surface area (Å²) in [5.41, 5.74) is 0.655. The molecule has 1 atom stereocenters. The maximum absolute atomic E-state index is 12.9. The van der Waals surface area contributed by atoms with Gasteiger partial charge in [-0.1, -0.05) is 0 Å². The van der Waals surface area contributed by atoms with Crippen molar-refractivity contribution in [1.82, 2.24) is 19.8 Å². The fourth-order valence-electron chi connectivity index (χ4n) is 2.49. The van der Waals surface area contributed by atoms with Crippen LogP contribution in [-0.4, -0.2) is 56.3 Å². The Morgan fingerprint density at radius 3 is 2.86 bits per heavy atom. The molecule has 1 aromatic heterocycles. The van der Waals surface area contributed by atoms with Gasteiger partial charge in [0.1, 0.15) is 0 Å². The first-order valence-corrected chi connectivity index (χ1v) is 8.64. The molecule has 0 aliphatic heterocycles. The van der Waals surface area contributed by atoms with E-state index in [0.29, 0.717) is 31.2 Å². The van der Waals surface area contributed by atoms with Gasteiger partial charge < -0.3 is 10.1 Å². The Kier molecular flexibility index (Phi) is 5.37. The minimum Gasteiger partial charge on any atom is -0.383 e. The van der Waals surface area contributed by atoms with Gasteiger partial charge in [0, 0.05) is 31.8 Å². The summed E-state index contributed by atoms with van der Waals surface area (Å²) in [6, 6.07) is -0.0177. The Morgan fingerprint density at radius 1 is 1.57 bits per heavy atom. The van der Waals surface area contributed by atoms with Gasteiger partial charge in [-0.3, -0.25) is 5.10 Å². The molecule has 1 aliphatic rings. The number of nitrogens with zero attached hydrogens (tertiary/aromatic N) is 2. The first kappa shape index (κ1) is 16.4. The average Bonchev–Trinajstić information content (AvgIpc) is 3.19. The molecule has 2 N–H and O–H groups in total. The van der Waals surface area contributed by atoms with E-state index in [1.54, 1.807) is 24.7 Å². The van der Waals surface area contributed by atoms with Crippen molar-refractivity contribution in [3.05, 3.63) is 11.8 Å². The average molecular weight is 316 g/mol. The smallest absolute Gasteiger partial charge is 0.260 e. The number of aromatic nitrogens is 2. The van der Waals surface area contributed by atoms with Crippen LogP contribution in [0.25, 0.3) is 0 Å². The molecule has 1 aliphatic carbocycles. The van der Waals surface area contributed by atoms with Gasteiger partial charge in [-0.25, -0.2) is 8.42 Å². The summed E-state index contributed by atoms with van der Waals surface area (Å²) in [5.74, 6) is 0.451. The highest BCUT2D eigenvalue weighted by Crippen LogP contribution is 2.37. The number of hydrogen-bond donors (Lipinski definition) is 2. The molecule has 21 heavy (non-hydrogen) atoms. The molecular formula is C13H24N4O3S. The third-order valence-corrected chi connectivity index (χ3v) is 5.89. The standard InChI is InChI=1S/C13H24N4O3S/c1-10(11-4-5-11)17(6-7-20-3)21(18,19)13-12(8-14-2)9-15-16-13/h9-11,14H,4-8H2,1-3H3,(H,15,16). The predicted molar refractivity (Wildman–Crippen MR) is 79.3 cm³/mol. The van der Waals surface area contributed by atoms with E-state index < -0.39 is 10.0 Å². The second kappa shape index (κ2) is 6.87. The van der Waals surface area contributed by atoms with Crippen LogP contribution in [0.1, 0.15) is 25.3 Å². The molecule has 2 rings (SSSR count). The van der Waals surface area contributed by atoms with E-state index in [4.69, 9.17) is 4.74 Å². The zero-order valence-corrected chi connectivity index (χ0v) is 13.6. The zero-order chi connectivity index (χ0) is 15.5. The zero-order valence-electron chi connectivity index (χ0n) is 12.8. The van der Waals surface area contributed by atoms with Crippen molar-refractivity contribution in [3.63, 3.8) is 0 Å². The number of rotatable bonds is 9. The van der Waals surface area contributed by atoms with Gasteiger partial charge in [0.15, 0.2) is 5.03 Å². The minimum absolute atomic E-state index is 0.0177. The molecule has 0 radical (unpaired) electrons. The number of sulfonamides is 1. The fraction of sp³-hybridized carbons (Fsp3) is 0.769. The van der Waals surface area contributed by atoms with Crippen molar-refractivity contribution in [2.45, 2.75) is 37.4 Å². The molecule has 1 unspecified atom stereocenters. The third-order valence-electron chi connectivity index (χ3n) is 3.89. The molecule has 7 nitrogen and oxygen atoms in total. The van der Waals surface area contributed by atoms with E-state index in [9.17, 15) is 8.42 Å². The third kappa shape index (κ3) is 3.63. The van der Waals surface area contributed by atoms with E-state index in [1.807, 2.05) is 6.92 Å². The molecule has 1 aromatic rings. The van der Waals surface area contributed by atoms with Crippen LogP contribution in [0.4, 0.5) is 0 Å². The Labute approximate surface area is 126 Å². The van der Waals surface area contributed by atoms with Crippen LogP contribution >= 0.6 is 0 Å².